The molecule has 1 amide bonds. The molecule has 3 nitrogen and oxygen atoms in total. The van der Waals surface area contributed by atoms with Crippen LogP contribution >= 0.6 is 22.7 Å². The maximum absolute atomic E-state index is 12.3. The molecule has 1 aliphatic rings. The molecule has 5 heteroatoms. The summed E-state index contributed by atoms with van der Waals surface area (Å²) in [5, 5.41) is 7.55. The third-order valence-corrected chi connectivity index (χ3v) is 5.93. The van der Waals surface area contributed by atoms with Gasteiger partial charge in [-0.15, -0.1) is 22.7 Å². The second-order valence-corrected chi connectivity index (χ2v) is 7.26. The molecule has 1 N–H and O–H groups in total. The molecule has 0 bridgehead atoms. The summed E-state index contributed by atoms with van der Waals surface area (Å²) < 4.78 is 0. The van der Waals surface area contributed by atoms with Gasteiger partial charge in [0, 0.05) is 29.4 Å². The highest BCUT2D eigenvalue weighted by molar-refractivity contribution is 7.10. The second-order valence-electron chi connectivity index (χ2n) is 5.26. The molecule has 0 saturated heterocycles. The molecule has 0 aromatic carbocycles. The number of hydrogen-bond donors (Lipinski definition) is 1. The number of carbonyl (C=O) groups excluding carboxylic acids is 1. The lowest BCUT2D eigenvalue weighted by Gasteiger charge is -2.27. The molecule has 21 heavy (non-hydrogen) atoms. The predicted molar refractivity (Wildman–Crippen MR) is 88.8 cm³/mol. The second kappa shape index (κ2) is 6.73. The SMILES string of the molecule is CCc1ccsc1CNCC(=O)N1CCc2sccc2C1. The van der Waals surface area contributed by atoms with Crippen LogP contribution in [0.2, 0.25) is 0 Å². The van der Waals surface area contributed by atoms with E-state index in [2.05, 4.69) is 35.1 Å². The maximum Gasteiger partial charge on any atom is 0.236 e. The Morgan fingerprint density at radius 3 is 3.05 bits per heavy atom. The van der Waals surface area contributed by atoms with Crippen molar-refractivity contribution >= 4 is 28.6 Å². The summed E-state index contributed by atoms with van der Waals surface area (Å²) in [6.07, 6.45) is 2.06. The van der Waals surface area contributed by atoms with Gasteiger partial charge in [-0.3, -0.25) is 4.79 Å². The smallest absolute Gasteiger partial charge is 0.236 e. The molecule has 3 rings (SSSR count). The van der Waals surface area contributed by atoms with E-state index in [1.165, 1.54) is 20.9 Å². The molecule has 0 spiro atoms. The third-order valence-electron chi connectivity index (χ3n) is 3.94. The van der Waals surface area contributed by atoms with Gasteiger partial charge in [-0.1, -0.05) is 6.92 Å². The monoisotopic (exact) mass is 320 g/mol. The molecule has 1 aliphatic heterocycles. The zero-order chi connectivity index (χ0) is 14.7. The van der Waals surface area contributed by atoms with Crippen LogP contribution < -0.4 is 5.32 Å². The lowest BCUT2D eigenvalue weighted by molar-refractivity contribution is -0.131. The number of thiophene rings is 2. The number of aryl methyl sites for hydroxylation is 1. The number of carbonyl (C=O) groups is 1. The van der Waals surface area contributed by atoms with Gasteiger partial charge in [0.25, 0.3) is 0 Å². The summed E-state index contributed by atoms with van der Waals surface area (Å²) in [7, 11) is 0. The van der Waals surface area contributed by atoms with Gasteiger partial charge in [0.05, 0.1) is 6.54 Å². The Labute approximate surface area is 133 Å². The Morgan fingerprint density at radius 1 is 1.33 bits per heavy atom. The standard InChI is InChI=1S/C16H20N2OS2/c1-2-12-4-7-21-15(12)9-17-10-16(19)18-6-3-14-13(11-18)5-8-20-14/h4-5,7-8,17H,2-3,6,9-11H2,1H3. The zero-order valence-electron chi connectivity index (χ0n) is 12.2. The molecule has 0 atom stereocenters. The van der Waals surface area contributed by atoms with Crippen molar-refractivity contribution in [3.05, 3.63) is 43.8 Å². The Morgan fingerprint density at radius 2 is 2.19 bits per heavy atom. The summed E-state index contributed by atoms with van der Waals surface area (Å²) in [5.74, 6) is 0.210. The fourth-order valence-electron chi connectivity index (χ4n) is 2.69. The van der Waals surface area contributed by atoms with Gasteiger partial charge >= 0.3 is 0 Å². The molecule has 3 heterocycles. The third kappa shape index (κ3) is 3.36. The first kappa shape index (κ1) is 14.8. The van der Waals surface area contributed by atoms with E-state index in [9.17, 15) is 4.79 Å². The minimum atomic E-state index is 0.210. The topological polar surface area (TPSA) is 32.3 Å². The van der Waals surface area contributed by atoms with Crippen molar-refractivity contribution in [2.45, 2.75) is 32.9 Å². The van der Waals surface area contributed by atoms with E-state index in [1.807, 2.05) is 16.2 Å². The van der Waals surface area contributed by atoms with Gasteiger partial charge < -0.3 is 10.2 Å². The number of hydrogen-bond acceptors (Lipinski definition) is 4. The molecule has 0 saturated carbocycles. The van der Waals surface area contributed by atoms with Gasteiger partial charge in [0.1, 0.15) is 0 Å². The zero-order valence-corrected chi connectivity index (χ0v) is 13.9. The first-order valence-corrected chi connectivity index (χ1v) is 9.13. The highest BCUT2D eigenvalue weighted by atomic mass is 32.1. The van der Waals surface area contributed by atoms with Gasteiger partial charge in [0.2, 0.25) is 5.91 Å². The first-order valence-electron chi connectivity index (χ1n) is 7.37. The number of nitrogens with one attached hydrogen (secondary N) is 1. The Balaban J connectivity index is 1.49. The highest BCUT2D eigenvalue weighted by Gasteiger charge is 2.20. The predicted octanol–water partition coefficient (Wildman–Crippen LogP) is 3.05. The van der Waals surface area contributed by atoms with Crippen molar-refractivity contribution in [2.75, 3.05) is 13.1 Å². The lowest BCUT2D eigenvalue weighted by atomic mass is 10.1. The summed E-state index contributed by atoms with van der Waals surface area (Å²) in [6, 6.07) is 4.32. The van der Waals surface area contributed by atoms with Gasteiger partial charge in [0.15, 0.2) is 0 Å². The largest absolute Gasteiger partial charge is 0.337 e. The van der Waals surface area contributed by atoms with Gasteiger partial charge in [-0.2, -0.15) is 0 Å². The normalized spacial score (nSPS) is 14.2. The summed E-state index contributed by atoms with van der Waals surface area (Å²) in [5.41, 5.74) is 2.71. The number of rotatable bonds is 5. The maximum atomic E-state index is 12.3. The Hall–Kier alpha value is -1.17. The van der Waals surface area contributed by atoms with Crippen molar-refractivity contribution in [1.82, 2.24) is 10.2 Å². The Bertz CT molecular complexity index is 617. The van der Waals surface area contributed by atoms with Crippen molar-refractivity contribution in [1.29, 1.82) is 0 Å². The molecular formula is C16H20N2OS2. The van der Waals surface area contributed by atoms with Gasteiger partial charge in [-0.25, -0.2) is 0 Å². The van der Waals surface area contributed by atoms with Gasteiger partial charge in [-0.05, 0) is 46.9 Å². The molecule has 0 radical (unpaired) electrons. The highest BCUT2D eigenvalue weighted by Crippen LogP contribution is 2.24. The molecule has 0 aliphatic carbocycles. The van der Waals surface area contributed by atoms with Crippen LogP contribution in [0.5, 0.6) is 0 Å². The fraction of sp³-hybridized carbons (Fsp3) is 0.438. The van der Waals surface area contributed by atoms with Crippen LogP contribution in [0, 0.1) is 0 Å². The summed E-state index contributed by atoms with van der Waals surface area (Å²) >= 11 is 3.57. The van der Waals surface area contributed by atoms with Crippen molar-refractivity contribution in [3.63, 3.8) is 0 Å². The van der Waals surface area contributed by atoms with E-state index in [1.54, 1.807) is 11.3 Å². The molecular weight excluding hydrogens is 300 g/mol. The van der Waals surface area contributed by atoms with E-state index >= 15 is 0 Å². The van der Waals surface area contributed by atoms with Crippen LogP contribution in [-0.2, 0) is 30.7 Å². The number of nitrogens with zero attached hydrogens (tertiary/aromatic N) is 1. The molecule has 0 fully saturated rings. The number of fused-ring (bicyclic) bond motifs is 1. The first-order chi connectivity index (χ1) is 10.3. The quantitative estimate of drug-likeness (QED) is 0.918. The lowest BCUT2D eigenvalue weighted by Crippen LogP contribution is -2.40. The molecule has 0 unspecified atom stereocenters. The average Bonchev–Trinajstić information content (AvgIpc) is 3.14. The summed E-state index contributed by atoms with van der Waals surface area (Å²) in [6.45, 7) is 5.03. The van der Waals surface area contributed by atoms with Crippen LogP contribution in [0.1, 0.15) is 27.8 Å². The molecule has 2 aromatic heterocycles. The molecule has 2 aromatic rings. The van der Waals surface area contributed by atoms with Crippen LogP contribution in [0.25, 0.3) is 0 Å². The fourth-order valence-corrected chi connectivity index (χ4v) is 4.53. The van der Waals surface area contributed by atoms with E-state index < -0.39 is 0 Å². The van der Waals surface area contributed by atoms with Crippen LogP contribution in [0.4, 0.5) is 0 Å². The van der Waals surface area contributed by atoms with Crippen LogP contribution in [-0.4, -0.2) is 23.9 Å². The van der Waals surface area contributed by atoms with Crippen molar-refractivity contribution < 1.29 is 4.79 Å². The van der Waals surface area contributed by atoms with E-state index in [0.717, 1.165) is 32.5 Å². The van der Waals surface area contributed by atoms with Crippen molar-refractivity contribution in [3.8, 4) is 0 Å². The minimum Gasteiger partial charge on any atom is -0.337 e. The Kier molecular flexibility index (Phi) is 4.73. The minimum absolute atomic E-state index is 0.210. The molecule has 112 valence electrons. The van der Waals surface area contributed by atoms with Crippen molar-refractivity contribution in [2.24, 2.45) is 0 Å². The van der Waals surface area contributed by atoms with Crippen LogP contribution in [0.15, 0.2) is 22.9 Å². The summed E-state index contributed by atoms with van der Waals surface area (Å²) in [4.78, 5) is 17.0. The number of amides is 1. The van der Waals surface area contributed by atoms with Crippen LogP contribution in [0.3, 0.4) is 0 Å². The van der Waals surface area contributed by atoms with E-state index in [-0.39, 0.29) is 5.91 Å². The van der Waals surface area contributed by atoms with E-state index in [0.29, 0.717) is 6.54 Å². The average molecular weight is 320 g/mol. The van der Waals surface area contributed by atoms with E-state index in [4.69, 9.17) is 0 Å².